The van der Waals surface area contributed by atoms with Gasteiger partial charge in [-0.15, -0.1) is 11.3 Å². The Morgan fingerprint density at radius 2 is 1.94 bits per heavy atom. The SMILES string of the molecule is COc1ccc(-c2csc3ncnc(NCC4CCN(Cc5cccc(Cl)c5)CC4)c23)cc1. The second-order valence-corrected chi connectivity index (χ2v) is 9.81. The quantitative estimate of drug-likeness (QED) is 0.335. The number of nitrogens with one attached hydrogen (secondary N) is 1. The monoisotopic (exact) mass is 478 g/mol. The summed E-state index contributed by atoms with van der Waals surface area (Å²) in [6.45, 7) is 4.10. The van der Waals surface area contributed by atoms with E-state index in [1.54, 1.807) is 24.8 Å². The maximum atomic E-state index is 6.14. The van der Waals surface area contributed by atoms with Crippen LogP contribution < -0.4 is 10.1 Å². The number of halogens is 1. The first-order valence-corrected chi connectivity index (χ1v) is 12.5. The van der Waals surface area contributed by atoms with Gasteiger partial charge in [-0.3, -0.25) is 4.90 Å². The van der Waals surface area contributed by atoms with Gasteiger partial charge in [-0.25, -0.2) is 9.97 Å². The summed E-state index contributed by atoms with van der Waals surface area (Å²) in [7, 11) is 1.69. The lowest BCUT2D eigenvalue weighted by atomic mass is 9.96. The Morgan fingerprint density at radius 1 is 1.12 bits per heavy atom. The van der Waals surface area contributed by atoms with Crippen LogP contribution in [0.25, 0.3) is 21.3 Å². The van der Waals surface area contributed by atoms with Crippen molar-refractivity contribution < 1.29 is 4.74 Å². The minimum Gasteiger partial charge on any atom is -0.497 e. The number of aromatic nitrogens is 2. The van der Waals surface area contributed by atoms with Crippen LogP contribution >= 0.6 is 22.9 Å². The van der Waals surface area contributed by atoms with Gasteiger partial charge >= 0.3 is 0 Å². The number of hydrogen-bond donors (Lipinski definition) is 1. The van der Waals surface area contributed by atoms with E-state index >= 15 is 0 Å². The minimum atomic E-state index is 0.633. The summed E-state index contributed by atoms with van der Waals surface area (Å²) in [5.41, 5.74) is 3.59. The predicted molar refractivity (Wildman–Crippen MR) is 137 cm³/mol. The van der Waals surface area contributed by atoms with Gasteiger partial charge in [-0.2, -0.15) is 0 Å². The van der Waals surface area contributed by atoms with Crippen LogP contribution in [-0.4, -0.2) is 41.6 Å². The average molecular weight is 479 g/mol. The van der Waals surface area contributed by atoms with E-state index in [1.165, 1.54) is 18.4 Å². The van der Waals surface area contributed by atoms with Crippen molar-refractivity contribution in [3.63, 3.8) is 0 Å². The fraction of sp³-hybridized carbons (Fsp3) is 0.308. The molecule has 0 saturated carbocycles. The normalized spacial score (nSPS) is 15.1. The fourth-order valence-electron chi connectivity index (χ4n) is 4.48. The van der Waals surface area contributed by atoms with Crippen LogP contribution in [0.5, 0.6) is 5.75 Å². The number of rotatable bonds is 7. The van der Waals surface area contributed by atoms with Crippen molar-refractivity contribution in [2.75, 3.05) is 32.1 Å². The van der Waals surface area contributed by atoms with Crippen LogP contribution in [0.3, 0.4) is 0 Å². The van der Waals surface area contributed by atoms with E-state index in [2.05, 4.69) is 49.8 Å². The first-order chi connectivity index (χ1) is 16.2. The zero-order valence-electron chi connectivity index (χ0n) is 18.6. The number of ether oxygens (including phenoxy) is 1. The third-order valence-corrected chi connectivity index (χ3v) is 7.45. The summed E-state index contributed by atoms with van der Waals surface area (Å²) in [5.74, 6) is 2.41. The first kappa shape index (κ1) is 22.1. The van der Waals surface area contributed by atoms with Gasteiger partial charge in [0.1, 0.15) is 22.7 Å². The number of likely N-dealkylation sites (tertiary alicyclic amines) is 1. The molecule has 5 nitrogen and oxygen atoms in total. The number of methoxy groups -OCH3 is 1. The number of anilines is 1. The molecule has 4 aromatic rings. The van der Waals surface area contributed by atoms with Crippen LogP contribution in [0.15, 0.2) is 60.2 Å². The van der Waals surface area contributed by atoms with E-state index in [1.807, 2.05) is 24.3 Å². The molecule has 0 radical (unpaired) electrons. The molecular weight excluding hydrogens is 452 g/mol. The van der Waals surface area contributed by atoms with E-state index in [-0.39, 0.29) is 0 Å². The van der Waals surface area contributed by atoms with Gasteiger partial charge in [0.2, 0.25) is 0 Å². The number of nitrogens with zero attached hydrogens (tertiary/aromatic N) is 3. The maximum Gasteiger partial charge on any atom is 0.138 e. The Hall–Kier alpha value is -2.67. The second kappa shape index (κ2) is 10.1. The molecule has 2 aromatic heterocycles. The van der Waals surface area contributed by atoms with Crippen molar-refractivity contribution in [2.45, 2.75) is 19.4 Å². The lowest BCUT2D eigenvalue weighted by Crippen LogP contribution is -2.35. The molecule has 0 bridgehead atoms. The predicted octanol–water partition coefficient (Wildman–Crippen LogP) is 6.34. The lowest BCUT2D eigenvalue weighted by Gasteiger charge is -2.32. The molecule has 0 unspecified atom stereocenters. The van der Waals surface area contributed by atoms with Crippen molar-refractivity contribution in [1.82, 2.24) is 14.9 Å². The Labute approximate surface area is 203 Å². The Morgan fingerprint density at radius 3 is 2.70 bits per heavy atom. The number of fused-ring (bicyclic) bond motifs is 1. The summed E-state index contributed by atoms with van der Waals surface area (Å²) < 4.78 is 5.31. The van der Waals surface area contributed by atoms with Gasteiger partial charge in [0.15, 0.2) is 0 Å². The Balaban J connectivity index is 1.23. The number of hydrogen-bond acceptors (Lipinski definition) is 6. The van der Waals surface area contributed by atoms with Gasteiger partial charge < -0.3 is 10.1 Å². The van der Waals surface area contributed by atoms with Crippen molar-refractivity contribution in [3.05, 3.63) is 70.8 Å². The van der Waals surface area contributed by atoms with Gasteiger partial charge in [-0.05, 0) is 67.2 Å². The molecule has 1 N–H and O–H groups in total. The van der Waals surface area contributed by atoms with Crippen molar-refractivity contribution >= 4 is 39.0 Å². The second-order valence-electron chi connectivity index (χ2n) is 8.51. The molecule has 0 aliphatic carbocycles. The molecule has 170 valence electrons. The number of benzene rings is 2. The van der Waals surface area contributed by atoms with Crippen LogP contribution in [0, 0.1) is 5.92 Å². The molecule has 0 amide bonds. The summed E-state index contributed by atoms with van der Waals surface area (Å²) in [5, 5.41) is 7.72. The van der Waals surface area contributed by atoms with Crippen LogP contribution in [-0.2, 0) is 6.54 Å². The van der Waals surface area contributed by atoms with E-state index in [0.29, 0.717) is 5.92 Å². The van der Waals surface area contributed by atoms with Gasteiger partial charge in [0, 0.05) is 29.1 Å². The van der Waals surface area contributed by atoms with Crippen LogP contribution in [0.4, 0.5) is 5.82 Å². The Kier molecular flexibility index (Phi) is 6.76. The number of thiophene rings is 1. The molecular formula is C26H27ClN4OS. The van der Waals surface area contributed by atoms with Crippen LogP contribution in [0.2, 0.25) is 5.02 Å². The highest BCUT2D eigenvalue weighted by Crippen LogP contribution is 2.37. The highest BCUT2D eigenvalue weighted by Gasteiger charge is 2.20. The van der Waals surface area contributed by atoms with E-state index in [4.69, 9.17) is 16.3 Å². The first-order valence-electron chi connectivity index (χ1n) is 11.3. The molecule has 2 aromatic carbocycles. The largest absolute Gasteiger partial charge is 0.497 e. The zero-order valence-corrected chi connectivity index (χ0v) is 20.2. The van der Waals surface area contributed by atoms with Crippen LogP contribution in [0.1, 0.15) is 18.4 Å². The van der Waals surface area contributed by atoms with Gasteiger partial charge in [0.25, 0.3) is 0 Å². The molecule has 5 rings (SSSR count). The molecule has 1 fully saturated rings. The topological polar surface area (TPSA) is 50.3 Å². The van der Waals surface area contributed by atoms with Gasteiger partial charge in [-0.1, -0.05) is 35.9 Å². The van der Waals surface area contributed by atoms with Crippen molar-refractivity contribution in [3.8, 4) is 16.9 Å². The molecule has 33 heavy (non-hydrogen) atoms. The van der Waals surface area contributed by atoms with E-state index in [9.17, 15) is 0 Å². The van der Waals surface area contributed by atoms with Crippen molar-refractivity contribution in [1.29, 1.82) is 0 Å². The average Bonchev–Trinajstić information content (AvgIpc) is 3.29. The number of piperidine rings is 1. The summed E-state index contributed by atoms with van der Waals surface area (Å²) in [6, 6.07) is 16.3. The summed E-state index contributed by atoms with van der Waals surface area (Å²) in [6.07, 6.45) is 4.01. The molecule has 7 heteroatoms. The van der Waals surface area contributed by atoms with Crippen molar-refractivity contribution in [2.24, 2.45) is 5.92 Å². The summed E-state index contributed by atoms with van der Waals surface area (Å²) >= 11 is 7.80. The fourth-order valence-corrected chi connectivity index (χ4v) is 5.60. The molecule has 3 heterocycles. The van der Waals surface area contributed by atoms with Gasteiger partial charge in [0.05, 0.1) is 12.5 Å². The maximum absolute atomic E-state index is 6.14. The smallest absolute Gasteiger partial charge is 0.138 e. The molecule has 0 spiro atoms. The molecule has 1 aliphatic rings. The molecule has 1 saturated heterocycles. The highest BCUT2D eigenvalue weighted by molar-refractivity contribution is 7.17. The zero-order chi connectivity index (χ0) is 22.6. The third kappa shape index (κ3) is 5.13. The summed E-state index contributed by atoms with van der Waals surface area (Å²) in [4.78, 5) is 12.6. The van der Waals surface area contributed by atoms with E-state index < -0.39 is 0 Å². The minimum absolute atomic E-state index is 0.633. The molecule has 1 aliphatic heterocycles. The Bertz CT molecular complexity index is 1220. The third-order valence-electron chi connectivity index (χ3n) is 6.33. The standard InChI is InChI=1S/C26H27ClN4OS/c1-32-22-7-5-20(6-8-22)23-16-33-26-24(23)25(29-17-30-26)28-14-18-9-11-31(12-10-18)15-19-3-2-4-21(27)13-19/h2-8,13,16-18H,9-12,14-15H2,1H3,(H,28,29,30). The highest BCUT2D eigenvalue weighted by atomic mass is 35.5. The molecule has 0 atom stereocenters. The lowest BCUT2D eigenvalue weighted by molar-refractivity contribution is 0.182. The van der Waals surface area contributed by atoms with E-state index in [0.717, 1.165) is 64.1 Å².